The highest BCUT2D eigenvalue weighted by atomic mass is 32.1. The molecule has 2 heterocycles. The fraction of sp³-hybridized carbons (Fsp3) is 0.222. The number of thiophene rings is 1. The lowest BCUT2D eigenvalue weighted by Gasteiger charge is -2.06. The number of hydrogen-bond acceptors (Lipinski definition) is 5. The number of carboxylic acid groups (broad SMARTS) is 1. The molecule has 0 saturated carbocycles. The Morgan fingerprint density at radius 1 is 1.19 bits per heavy atom. The molecule has 0 spiro atoms. The van der Waals surface area contributed by atoms with Crippen LogP contribution in [-0.2, 0) is 11.2 Å². The highest BCUT2D eigenvalue weighted by molar-refractivity contribution is 7.15. The fourth-order valence-corrected chi connectivity index (χ4v) is 3.71. The van der Waals surface area contributed by atoms with Gasteiger partial charge in [0.2, 0.25) is 0 Å². The number of ether oxygens (including phenoxy) is 2. The number of carboxylic acids is 1. The van der Waals surface area contributed by atoms with Crippen molar-refractivity contribution in [1.82, 2.24) is 4.57 Å². The minimum atomic E-state index is -1.11. The first-order valence-electron chi connectivity index (χ1n) is 7.65. The Balaban J connectivity index is 2.28. The number of nitrogens with zero attached hydrogens (tertiary/aromatic N) is 1. The van der Waals surface area contributed by atoms with E-state index in [-0.39, 0.29) is 22.6 Å². The van der Waals surface area contributed by atoms with Crippen LogP contribution < -0.4 is 9.47 Å². The zero-order chi connectivity index (χ0) is 19.0. The third-order valence-corrected chi connectivity index (χ3v) is 5.18. The largest absolute Gasteiger partial charge is 0.494 e. The topological polar surface area (TPSA) is 77.8 Å². The number of rotatable bonds is 5. The van der Waals surface area contributed by atoms with Crippen LogP contribution in [0.2, 0.25) is 0 Å². The summed E-state index contributed by atoms with van der Waals surface area (Å²) in [7, 11) is 2.83. The summed E-state index contributed by atoms with van der Waals surface area (Å²) in [6.45, 7) is 1.60. The molecule has 0 atom stereocenters. The van der Waals surface area contributed by atoms with E-state index in [4.69, 9.17) is 9.47 Å². The van der Waals surface area contributed by atoms with E-state index in [1.165, 1.54) is 24.9 Å². The molecule has 8 heteroatoms. The average Bonchev–Trinajstić information content (AvgIpc) is 3.18. The van der Waals surface area contributed by atoms with E-state index in [1.54, 1.807) is 25.1 Å². The molecule has 0 aliphatic carbocycles. The number of methoxy groups -OCH3 is 2. The molecular formula is C18H16FNO5S. The molecule has 0 radical (unpaired) electrons. The Labute approximate surface area is 152 Å². The molecular weight excluding hydrogens is 361 g/mol. The first-order valence-corrected chi connectivity index (χ1v) is 8.47. The van der Waals surface area contributed by atoms with E-state index >= 15 is 0 Å². The predicted molar refractivity (Wildman–Crippen MR) is 95.1 cm³/mol. The predicted octanol–water partition coefficient (Wildman–Crippen LogP) is 3.48. The summed E-state index contributed by atoms with van der Waals surface area (Å²) in [6.07, 6.45) is -0.402. The molecule has 0 unspecified atom stereocenters. The van der Waals surface area contributed by atoms with Crippen molar-refractivity contribution in [3.05, 3.63) is 46.2 Å². The lowest BCUT2D eigenvalue weighted by atomic mass is 10.1. The Morgan fingerprint density at radius 2 is 1.92 bits per heavy atom. The lowest BCUT2D eigenvalue weighted by Crippen LogP contribution is -2.12. The third-order valence-electron chi connectivity index (χ3n) is 4.14. The molecule has 0 aliphatic rings. The normalized spacial score (nSPS) is 10.9. The number of halogens is 1. The van der Waals surface area contributed by atoms with Crippen LogP contribution in [0.3, 0.4) is 0 Å². The number of fused-ring (bicyclic) bond motifs is 1. The maximum absolute atomic E-state index is 14.8. The number of benzene rings is 1. The van der Waals surface area contributed by atoms with Gasteiger partial charge < -0.3 is 14.6 Å². The highest BCUT2D eigenvalue weighted by Crippen LogP contribution is 2.35. The van der Waals surface area contributed by atoms with Gasteiger partial charge in [0.1, 0.15) is 0 Å². The van der Waals surface area contributed by atoms with Crippen LogP contribution in [0.15, 0.2) is 24.3 Å². The molecule has 0 aliphatic heterocycles. The number of aliphatic carboxylic acids is 1. The second-order valence-electron chi connectivity index (χ2n) is 5.57. The number of carbonyl (C=O) groups is 2. The van der Waals surface area contributed by atoms with Gasteiger partial charge in [-0.1, -0.05) is 11.3 Å². The molecule has 0 saturated heterocycles. The van der Waals surface area contributed by atoms with Crippen LogP contribution in [0.4, 0.5) is 4.39 Å². The van der Waals surface area contributed by atoms with Gasteiger partial charge in [0, 0.05) is 11.1 Å². The van der Waals surface area contributed by atoms with Crippen molar-refractivity contribution in [3.63, 3.8) is 0 Å². The summed E-state index contributed by atoms with van der Waals surface area (Å²) < 4.78 is 26.3. The molecule has 1 N–H and O–H groups in total. The van der Waals surface area contributed by atoms with Gasteiger partial charge >= 0.3 is 5.97 Å². The van der Waals surface area contributed by atoms with Crippen LogP contribution in [-0.4, -0.2) is 35.8 Å². The SMILES string of the molecule is COc1ccc(C(=O)n2c(C)c(CC(=O)O)c3c(F)c(OC)ccc32)s1. The van der Waals surface area contributed by atoms with E-state index < -0.39 is 18.2 Å². The summed E-state index contributed by atoms with van der Waals surface area (Å²) in [5, 5.41) is 9.86. The van der Waals surface area contributed by atoms with Gasteiger partial charge in [-0.2, -0.15) is 0 Å². The van der Waals surface area contributed by atoms with E-state index in [0.717, 1.165) is 11.3 Å². The monoisotopic (exact) mass is 377 g/mol. The molecule has 3 rings (SSSR count). The Bertz CT molecular complexity index is 1020. The van der Waals surface area contributed by atoms with Crippen molar-refractivity contribution < 1.29 is 28.6 Å². The number of hydrogen-bond donors (Lipinski definition) is 1. The smallest absolute Gasteiger partial charge is 0.307 e. The zero-order valence-electron chi connectivity index (χ0n) is 14.3. The van der Waals surface area contributed by atoms with Crippen molar-refractivity contribution in [2.24, 2.45) is 0 Å². The van der Waals surface area contributed by atoms with Crippen LogP contribution >= 0.6 is 11.3 Å². The van der Waals surface area contributed by atoms with Gasteiger partial charge in [-0.3, -0.25) is 14.2 Å². The van der Waals surface area contributed by atoms with Gasteiger partial charge in [0.15, 0.2) is 16.6 Å². The lowest BCUT2D eigenvalue weighted by molar-refractivity contribution is -0.136. The Kier molecular flexibility index (Phi) is 4.69. The van der Waals surface area contributed by atoms with E-state index in [1.807, 2.05) is 0 Å². The molecule has 2 aromatic heterocycles. The molecule has 1 aromatic carbocycles. The van der Waals surface area contributed by atoms with Gasteiger partial charge in [0.05, 0.1) is 31.0 Å². The summed E-state index contributed by atoms with van der Waals surface area (Å²) in [5.41, 5.74) is 0.933. The summed E-state index contributed by atoms with van der Waals surface area (Å²) in [5.74, 6) is -2.17. The minimum absolute atomic E-state index is 0.00784. The van der Waals surface area contributed by atoms with Crippen LogP contribution in [0.1, 0.15) is 20.9 Å². The quantitative estimate of drug-likeness (QED) is 0.737. The fourth-order valence-electron chi connectivity index (χ4n) is 2.96. The van der Waals surface area contributed by atoms with Crippen molar-refractivity contribution in [2.45, 2.75) is 13.3 Å². The van der Waals surface area contributed by atoms with E-state index in [2.05, 4.69) is 0 Å². The molecule has 136 valence electrons. The first-order chi connectivity index (χ1) is 12.4. The maximum atomic E-state index is 14.8. The molecule has 0 bridgehead atoms. The van der Waals surface area contributed by atoms with Gasteiger partial charge in [-0.15, -0.1) is 0 Å². The molecule has 0 fully saturated rings. The molecule has 26 heavy (non-hydrogen) atoms. The molecule has 6 nitrogen and oxygen atoms in total. The van der Waals surface area contributed by atoms with Crippen LogP contribution in [0, 0.1) is 12.7 Å². The van der Waals surface area contributed by atoms with Crippen molar-refractivity contribution in [2.75, 3.05) is 14.2 Å². The van der Waals surface area contributed by atoms with Crippen molar-refractivity contribution >= 4 is 34.1 Å². The summed E-state index contributed by atoms with van der Waals surface area (Å²) in [6, 6.07) is 6.26. The first kappa shape index (κ1) is 17.9. The van der Waals surface area contributed by atoms with Crippen molar-refractivity contribution in [3.8, 4) is 10.8 Å². The average molecular weight is 377 g/mol. The van der Waals surface area contributed by atoms with Crippen molar-refractivity contribution in [1.29, 1.82) is 0 Å². The Hall–Kier alpha value is -2.87. The van der Waals surface area contributed by atoms with E-state index in [0.29, 0.717) is 21.2 Å². The summed E-state index contributed by atoms with van der Waals surface area (Å²) in [4.78, 5) is 24.7. The standard InChI is InChI=1S/C18H16FNO5S/c1-9-10(8-14(21)22)16-11(4-5-12(24-2)17(16)19)20(9)18(23)13-6-7-15(25-3)26-13/h4-7H,8H2,1-3H3,(H,21,22). The molecule has 0 amide bonds. The van der Waals surface area contributed by atoms with Crippen LogP contribution in [0.25, 0.3) is 10.9 Å². The van der Waals surface area contributed by atoms with Gasteiger partial charge in [-0.25, -0.2) is 4.39 Å². The highest BCUT2D eigenvalue weighted by Gasteiger charge is 2.25. The van der Waals surface area contributed by atoms with E-state index in [9.17, 15) is 19.1 Å². The maximum Gasteiger partial charge on any atom is 0.307 e. The molecule has 3 aromatic rings. The number of aromatic nitrogens is 1. The summed E-state index contributed by atoms with van der Waals surface area (Å²) >= 11 is 1.16. The third kappa shape index (κ3) is 2.82. The minimum Gasteiger partial charge on any atom is -0.494 e. The van der Waals surface area contributed by atoms with Crippen LogP contribution in [0.5, 0.6) is 10.8 Å². The van der Waals surface area contributed by atoms with Gasteiger partial charge in [-0.05, 0) is 36.8 Å². The zero-order valence-corrected chi connectivity index (χ0v) is 15.1. The van der Waals surface area contributed by atoms with Gasteiger partial charge in [0.25, 0.3) is 5.91 Å². The second-order valence-corrected chi connectivity index (χ2v) is 6.62. The second kappa shape index (κ2) is 6.80. The Morgan fingerprint density at radius 3 is 2.50 bits per heavy atom. The number of carbonyl (C=O) groups excluding carboxylic acids is 1.